The van der Waals surface area contributed by atoms with Crippen LogP contribution in [0.4, 0.5) is 4.79 Å². The molecule has 0 aromatic carbocycles. The van der Waals surface area contributed by atoms with Gasteiger partial charge in [-0.25, -0.2) is 14.0 Å². The predicted octanol–water partition coefficient (Wildman–Crippen LogP) is 2.80. The van der Waals surface area contributed by atoms with Gasteiger partial charge in [0.25, 0.3) is 0 Å². The van der Waals surface area contributed by atoms with Crippen molar-refractivity contribution in [1.29, 1.82) is 5.26 Å². The zero-order valence-electron chi connectivity index (χ0n) is 13.6. The number of alkyl carbamates (subject to hydrolysis) is 1. The second-order valence-electron chi connectivity index (χ2n) is 6.02. The van der Waals surface area contributed by atoms with E-state index >= 15 is 0 Å². The lowest BCUT2D eigenvalue weighted by atomic mass is 10.2. The standard InChI is InChI=1S/C14H17ClN4O3S2/c1-14(2,3)22-13(20)18-12-17-10(7-24(21)19(12)4)11-9(15)5-8(6-16)23-11/h5,10H,7H2,1-4H3,(H,17,18,20). The Morgan fingerprint density at radius 3 is 2.83 bits per heavy atom. The molecular weight excluding hydrogens is 372 g/mol. The number of nitriles is 1. The molecule has 1 N–H and O–H groups in total. The van der Waals surface area contributed by atoms with Crippen LogP contribution in [-0.2, 0) is 15.7 Å². The Kier molecular flexibility index (Phi) is 5.52. The quantitative estimate of drug-likeness (QED) is 0.800. The van der Waals surface area contributed by atoms with Crippen LogP contribution >= 0.6 is 22.9 Å². The molecule has 2 heterocycles. The summed E-state index contributed by atoms with van der Waals surface area (Å²) in [5, 5.41) is 11.9. The summed E-state index contributed by atoms with van der Waals surface area (Å²) in [6, 6.07) is 3.09. The number of amides is 1. The van der Waals surface area contributed by atoms with Crippen molar-refractivity contribution in [1.82, 2.24) is 9.62 Å². The van der Waals surface area contributed by atoms with Crippen LogP contribution < -0.4 is 5.32 Å². The van der Waals surface area contributed by atoms with E-state index in [1.165, 1.54) is 15.6 Å². The number of guanidine groups is 1. The summed E-state index contributed by atoms with van der Waals surface area (Å²) < 4.78 is 18.9. The van der Waals surface area contributed by atoms with E-state index in [-0.39, 0.29) is 11.7 Å². The van der Waals surface area contributed by atoms with Crippen LogP contribution in [0.15, 0.2) is 11.1 Å². The van der Waals surface area contributed by atoms with Crippen molar-refractivity contribution in [2.45, 2.75) is 32.4 Å². The van der Waals surface area contributed by atoms with Crippen LogP contribution in [0.5, 0.6) is 0 Å². The number of rotatable bonds is 1. The molecule has 2 unspecified atom stereocenters. The maximum Gasteiger partial charge on any atom is 0.414 e. The topological polar surface area (TPSA) is 94.8 Å². The van der Waals surface area contributed by atoms with Crippen molar-refractivity contribution in [3.8, 4) is 6.07 Å². The number of carbonyl (C=O) groups excluding carboxylic acids is 1. The van der Waals surface area contributed by atoms with E-state index in [1.807, 2.05) is 6.07 Å². The maximum atomic E-state index is 12.3. The third-order valence-corrected chi connectivity index (χ3v) is 5.87. The Labute approximate surface area is 151 Å². The lowest BCUT2D eigenvalue weighted by molar-refractivity contribution is 0.0559. The number of halogens is 1. The summed E-state index contributed by atoms with van der Waals surface area (Å²) in [6.07, 6.45) is -0.680. The van der Waals surface area contributed by atoms with Crippen molar-refractivity contribution in [3.63, 3.8) is 0 Å². The molecule has 0 bridgehead atoms. The van der Waals surface area contributed by atoms with Gasteiger partial charge in [0, 0.05) is 7.05 Å². The molecule has 1 aromatic heterocycles. The molecule has 130 valence electrons. The molecule has 0 radical (unpaired) electrons. The van der Waals surface area contributed by atoms with E-state index in [1.54, 1.807) is 33.9 Å². The van der Waals surface area contributed by atoms with Crippen LogP contribution in [-0.4, -0.2) is 39.0 Å². The Bertz CT molecular complexity index is 748. The average Bonchev–Trinajstić information content (AvgIpc) is 2.83. The van der Waals surface area contributed by atoms with Gasteiger partial charge in [0.2, 0.25) is 5.96 Å². The fraction of sp³-hybridized carbons (Fsp3) is 0.500. The fourth-order valence-electron chi connectivity index (χ4n) is 1.91. The van der Waals surface area contributed by atoms with Gasteiger partial charge in [0.15, 0.2) is 0 Å². The second-order valence-corrected chi connectivity index (χ2v) is 9.03. The highest BCUT2D eigenvalue weighted by Crippen LogP contribution is 2.36. The first-order chi connectivity index (χ1) is 11.1. The number of hydrogen-bond acceptors (Lipinski definition) is 6. The summed E-state index contributed by atoms with van der Waals surface area (Å²) in [5.74, 6) is 0.364. The number of ether oxygens (including phenoxy) is 1. The van der Waals surface area contributed by atoms with Gasteiger partial charge in [-0.3, -0.25) is 9.62 Å². The Morgan fingerprint density at radius 1 is 1.62 bits per heavy atom. The molecule has 0 spiro atoms. The summed E-state index contributed by atoms with van der Waals surface area (Å²) >= 11 is 7.35. The normalized spacial score (nSPS) is 21.0. The minimum Gasteiger partial charge on any atom is -0.444 e. The molecule has 1 amide bonds. The number of thiophene rings is 1. The lowest BCUT2D eigenvalue weighted by Gasteiger charge is -2.29. The van der Waals surface area contributed by atoms with E-state index in [9.17, 15) is 9.00 Å². The van der Waals surface area contributed by atoms with Crippen LogP contribution in [0.1, 0.15) is 36.6 Å². The van der Waals surface area contributed by atoms with E-state index in [2.05, 4.69) is 10.3 Å². The van der Waals surface area contributed by atoms with Crippen LogP contribution in [0.2, 0.25) is 5.02 Å². The lowest BCUT2D eigenvalue weighted by Crippen LogP contribution is -2.48. The predicted molar refractivity (Wildman–Crippen MR) is 94.4 cm³/mol. The van der Waals surface area contributed by atoms with E-state index in [0.29, 0.717) is 14.8 Å². The van der Waals surface area contributed by atoms with Crippen molar-refractivity contribution >= 4 is 46.0 Å². The minimum atomic E-state index is -1.39. The van der Waals surface area contributed by atoms with Crippen LogP contribution in [0.25, 0.3) is 0 Å². The molecule has 24 heavy (non-hydrogen) atoms. The SMILES string of the molecule is CN1C(NC(=O)OC(C)(C)C)=NC(c2sc(C#N)cc2Cl)CS1=O. The Morgan fingerprint density at radius 2 is 2.29 bits per heavy atom. The molecule has 0 saturated heterocycles. The second kappa shape index (κ2) is 7.09. The third-order valence-electron chi connectivity index (χ3n) is 2.92. The van der Waals surface area contributed by atoms with Gasteiger partial charge in [-0.05, 0) is 26.8 Å². The van der Waals surface area contributed by atoms with Gasteiger partial charge in [0.1, 0.15) is 33.6 Å². The summed E-state index contributed by atoms with van der Waals surface area (Å²) in [5.41, 5.74) is -0.658. The highest BCUT2D eigenvalue weighted by Gasteiger charge is 2.30. The summed E-state index contributed by atoms with van der Waals surface area (Å²) in [4.78, 5) is 17.5. The molecule has 1 aromatic rings. The van der Waals surface area contributed by atoms with Gasteiger partial charge >= 0.3 is 6.09 Å². The van der Waals surface area contributed by atoms with Crippen LogP contribution in [0.3, 0.4) is 0 Å². The average molecular weight is 389 g/mol. The van der Waals surface area contributed by atoms with Crippen molar-refractivity contribution in [2.75, 3.05) is 12.8 Å². The molecule has 7 nitrogen and oxygen atoms in total. The van der Waals surface area contributed by atoms with Gasteiger partial charge in [0.05, 0.1) is 15.7 Å². The monoisotopic (exact) mass is 388 g/mol. The van der Waals surface area contributed by atoms with Crippen molar-refractivity contribution in [2.24, 2.45) is 4.99 Å². The van der Waals surface area contributed by atoms with E-state index in [4.69, 9.17) is 21.6 Å². The highest BCUT2D eigenvalue weighted by molar-refractivity contribution is 7.83. The molecule has 0 saturated carbocycles. The van der Waals surface area contributed by atoms with Crippen molar-refractivity contribution < 1.29 is 13.7 Å². The molecule has 2 atom stereocenters. The maximum absolute atomic E-state index is 12.3. The number of carbonyl (C=O) groups is 1. The molecular formula is C14H17ClN4O3S2. The van der Waals surface area contributed by atoms with Crippen LogP contribution in [0, 0.1) is 11.3 Å². The number of nitrogens with zero attached hydrogens (tertiary/aromatic N) is 3. The first-order valence-electron chi connectivity index (χ1n) is 7.00. The van der Waals surface area contributed by atoms with Gasteiger partial charge in [-0.15, -0.1) is 11.3 Å². The third kappa shape index (κ3) is 4.47. The first kappa shape index (κ1) is 18.7. The van der Waals surface area contributed by atoms with Gasteiger partial charge in [-0.1, -0.05) is 11.6 Å². The Hall–Kier alpha value is -1.63. The minimum absolute atomic E-state index is 0.141. The zero-order valence-corrected chi connectivity index (χ0v) is 16.0. The number of nitrogens with one attached hydrogen (secondary N) is 1. The molecule has 0 aliphatic carbocycles. The largest absolute Gasteiger partial charge is 0.444 e. The molecule has 2 rings (SSSR count). The molecule has 10 heteroatoms. The molecule has 1 aliphatic heterocycles. The van der Waals surface area contributed by atoms with E-state index < -0.39 is 28.7 Å². The molecule has 0 fully saturated rings. The smallest absolute Gasteiger partial charge is 0.414 e. The summed E-state index contributed by atoms with van der Waals surface area (Å²) in [7, 11) is 0.180. The summed E-state index contributed by atoms with van der Waals surface area (Å²) in [6.45, 7) is 5.23. The zero-order chi connectivity index (χ0) is 18.1. The number of hydrogen-bond donors (Lipinski definition) is 1. The highest BCUT2D eigenvalue weighted by atomic mass is 35.5. The first-order valence-corrected chi connectivity index (χ1v) is 9.47. The number of aliphatic imine (C=N–C) groups is 1. The van der Waals surface area contributed by atoms with E-state index in [0.717, 1.165) is 0 Å². The van der Waals surface area contributed by atoms with Gasteiger partial charge < -0.3 is 4.74 Å². The fourth-order valence-corrected chi connectivity index (χ4v) is 4.34. The van der Waals surface area contributed by atoms with Gasteiger partial charge in [-0.2, -0.15) is 5.26 Å². The van der Waals surface area contributed by atoms with Crippen molar-refractivity contribution in [3.05, 3.63) is 20.8 Å². The molecule has 1 aliphatic rings. The Balaban J connectivity index is 2.27.